The summed E-state index contributed by atoms with van der Waals surface area (Å²) < 4.78 is 291. The van der Waals surface area contributed by atoms with Crippen molar-refractivity contribution in [1.82, 2.24) is 0 Å². The van der Waals surface area contributed by atoms with Gasteiger partial charge in [0.05, 0.1) is 6.42 Å². The van der Waals surface area contributed by atoms with Crippen molar-refractivity contribution in [2.75, 3.05) is 0 Å². The monoisotopic (exact) mass is 882 g/mol. The molecule has 0 heterocycles. The van der Waals surface area contributed by atoms with E-state index in [1.807, 2.05) is 42.5 Å². The standard InChI is InChI=1S/C33H23F21O2S/c1-17(57-22-11-10-20-4-2-3-5-21(20)15-22)14-23(55)56-16-19-8-6-18(7-9-19)12-13-24(34,35)25(36,37)26(38,39)27(40,41)28(42,43)29(44,45)30(46,47)31(48,49)32(50,51)33(52,53)54/h2-11,15,17H,12-14,16H2,1H3. The molecular weight excluding hydrogens is 859 g/mol. The van der Waals surface area contributed by atoms with Gasteiger partial charge >= 0.3 is 65.4 Å². The number of rotatable bonds is 17. The smallest absolute Gasteiger partial charge is 0.460 e. The van der Waals surface area contributed by atoms with E-state index >= 15 is 0 Å². The van der Waals surface area contributed by atoms with Crippen LogP contribution in [0.15, 0.2) is 71.6 Å². The minimum Gasteiger partial charge on any atom is -0.461 e. The van der Waals surface area contributed by atoms with Crippen LogP contribution >= 0.6 is 11.8 Å². The first-order chi connectivity index (χ1) is 25.5. The second-order valence-corrected chi connectivity index (χ2v) is 13.9. The number of benzene rings is 3. The van der Waals surface area contributed by atoms with E-state index in [1.165, 1.54) is 11.8 Å². The van der Waals surface area contributed by atoms with Crippen molar-refractivity contribution in [3.8, 4) is 0 Å². The Bertz CT molecular complexity index is 1870. The minimum atomic E-state index is -9.21. The van der Waals surface area contributed by atoms with Crippen molar-refractivity contribution in [3.63, 3.8) is 0 Å². The number of ether oxygens (including phenoxy) is 1. The first-order valence-corrected chi connectivity index (χ1v) is 16.3. The molecule has 3 aromatic carbocycles. The Morgan fingerprint density at radius 3 is 1.44 bits per heavy atom. The van der Waals surface area contributed by atoms with Gasteiger partial charge in [-0.25, -0.2) is 0 Å². The molecule has 0 aliphatic heterocycles. The van der Waals surface area contributed by atoms with Crippen molar-refractivity contribution in [1.29, 1.82) is 0 Å². The van der Waals surface area contributed by atoms with Crippen LogP contribution in [0.1, 0.15) is 30.9 Å². The Hall–Kier alpha value is -3.73. The summed E-state index contributed by atoms with van der Waals surface area (Å²) in [7, 11) is 0. The summed E-state index contributed by atoms with van der Waals surface area (Å²) in [4.78, 5) is 13.1. The molecule has 1 unspecified atom stereocenters. The van der Waals surface area contributed by atoms with Crippen LogP contribution in [0.25, 0.3) is 10.8 Å². The molecule has 0 saturated heterocycles. The van der Waals surface area contributed by atoms with Gasteiger partial charge in [-0.05, 0) is 40.5 Å². The van der Waals surface area contributed by atoms with Gasteiger partial charge in [-0.3, -0.25) is 4.79 Å². The highest BCUT2D eigenvalue weighted by Crippen LogP contribution is 2.66. The molecule has 0 amide bonds. The molecule has 3 rings (SSSR count). The Labute approximate surface area is 310 Å². The average Bonchev–Trinajstić information content (AvgIpc) is 3.09. The van der Waals surface area contributed by atoms with E-state index in [4.69, 9.17) is 4.74 Å². The number of thioether (sulfide) groups is 1. The average molecular weight is 883 g/mol. The second-order valence-electron chi connectivity index (χ2n) is 12.4. The van der Waals surface area contributed by atoms with E-state index in [2.05, 4.69) is 0 Å². The van der Waals surface area contributed by atoms with Crippen LogP contribution in [-0.2, 0) is 22.6 Å². The van der Waals surface area contributed by atoms with Gasteiger partial charge < -0.3 is 4.74 Å². The lowest BCUT2D eigenvalue weighted by Crippen LogP contribution is -2.76. The number of fused-ring (bicyclic) bond motifs is 1. The fourth-order valence-electron chi connectivity index (χ4n) is 4.82. The number of esters is 1. The lowest BCUT2D eigenvalue weighted by molar-refractivity contribution is -0.474. The molecule has 0 aromatic heterocycles. The molecule has 0 bridgehead atoms. The molecule has 0 aliphatic carbocycles. The van der Waals surface area contributed by atoms with Crippen molar-refractivity contribution in [3.05, 3.63) is 77.9 Å². The highest BCUT2D eigenvalue weighted by Gasteiger charge is 2.97. The SMILES string of the molecule is CC(CC(=O)OCc1ccc(CCC(F)(F)C(F)(F)C(F)(F)C(F)(F)C(F)(F)C(F)(F)C(F)(F)C(F)(F)C(F)(F)C(F)(F)F)cc1)Sc1ccc2ccccc2c1. The van der Waals surface area contributed by atoms with Crippen LogP contribution in [-0.4, -0.2) is 70.7 Å². The predicted molar refractivity (Wildman–Crippen MR) is 159 cm³/mol. The number of carbonyl (C=O) groups is 1. The topological polar surface area (TPSA) is 26.3 Å². The molecule has 0 saturated carbocycles. The number of alkyl halides is 21. The molecule has 3 aromatic rings. The van der Waals surface area contributed by atoms with Crippen LogP contribution in [0.4, 0.5) is 92.2 Å². The van der Waals surface area contributed by atoms with Gasteiger partial charge in [0.15, 0.2) is 0 Å². The molecule has 0 N–H and O–H groups in total. The maximum atomic E-state index is 14.4. The third kappa shape index (κ3) is 8.28. The Balaban J connectivity index is 1.69. The van der Waals surface area contributed by atoms with Crippen molar-refractivity contribution in [2.24, 2.45) is 0 Å². The third-order valence-corrected chi connectivity index (χ3v) is 9.33. The van der Waals surface area contributed by atoms with E-state index in [9.17, 15) is 97.0 Å². The minimum absolute atomic E-state index is 0.101. The van der Waals surface area contributed by atoms with E-state index in [0.717, 1.165) is 39.9 Å². The van der Waals surface area contributed by atoms with Crippen LogP contribution in [0.5, 0.6) is 0 Å². The molecule has 2 nitrogen and oxygen atoms in total. The van der Waals surface area contributed by atoms with Gasteiger partial charge in [-0.2, -0.15) is 92.2 Å². The molecule has 0 spiro atoms. The van der Waals surface area contributed by atoms with Gasteiger partial charge in [0.1, 0.15) is 6.61 Å². The fourth-order valence-corrected chi connectivity index (χ4v) is 5.85. The number of hydrogen-bond acceptors (Lipinski definition) is 3. The zero-order chi connectivity index (χ0) is 44.1. The zero-order valence-electron chi connectivity index (χ0n) is 27.9. The number of hydrogen-bond donors (Lipinski definition) is 0. The van der Waals surface area contributed by atoms with Crippen molar-refractivity contribution in [2.45, 2.75) is 102 Å². The summed E-state index contributed by atoms with van der Waals surface area (Å²) in [6.45, 7) is 1.23. The Morgan fingerprint density at radius 1 is 0.544 bits per heavy atom. The van der Waals surface area contributed by atoms with Crippen LogP contribution in [0.2, 0.25) is 0 Å². The maximum absolute atomic E-state index is 14.4. The van der Waals surface area contributed by atoms with Gasteiger partial charge in [0, 0.05) is 16.6 Å². The van der Waals surface area contributed by atoms with Gasteiger partial charge in [0.25, 0.3) is 0 Å². The fraction of sp³-hybridized carbons (Fsp3) is 0.485. The molecule has 57 heavy (non-hydrogen) atoms. The lowest BCUT2D eigenvalue weighted by atomic mass is 9.85. The van der Waals surface area contributed by atoms with Gasteiger partial charge in [-0.1, -0.05) is 61.5 Å². The normalized spacial score (nSPS) is 15.2. The molecule has 0 fully saturated rings. The highest BCUT2D eigenvalue weighted by molar-refractivity contribution is 8.00. The summed E-state index contributed by atoms with van der Waals surface area (Å²) in [5, 5.41) is 1.61. The van der Waals surface area contributed by atoms with E-state index in [-0.39, 0.29) is 17.2 Å². The summed E-state index contributed by atoms with van der Waals surface area (Å²) in [5.74, 6) is -77.9. The van der Waals surface area contributed by atoms with Crippen molar-refractivity contribution >= 4 is 28.5 Å². The molecule has 0 radical (unpaired) electrons. The van der Waals surface area contributed by atoms with E-state index in [1.54, 1.807) is 6.92 Å². The van der Waals surface area contributed by atoms with Crippen LogP contribution < -0.4 is 0 Å². The maximum Gasteiger partial charge on any atom is 0.460 e. The lowest BCUT2D eigenvalue weighted by Gasteiger charge is -2.44. The van der Waals surface area contributed by atoms with Crippen molar-refractivity contribution < 1.29 is 102 Å². The Kier molecular flexibility index (Phi) is 12.9. The highest BCUT2D eigenvalue weighted by atomic mass is 32.2. The quantitative estimate of drug-likeness (QED) is 0.0768. The zero-order valence-corrected chi connectivity index (χ0v) is 28.7. The third-order valence-electron chi connectivity index (χ3n) is 8.24. The molecule has 0 aliphatic rings. The summed E-state index contributed by atoms with van der Waals surface area (Å²) >= 11 is 1.34. The van der Waals surface area contributed by atoms with E-state index < -0.39 is 90.5 Å². The number of halogens is 21. The first-order valence-electron chi connectivity index (χ1n) is 15.4. The molecular formula is C33H23F21O2S. The van der Waals surface area contributed by atoms with Crippen LogP contribution in [0.3, 0.4) is 0 Å². The summed E-state index contributed by atoms with van der Waals surface area (Å²) in [6, 6.07) is 16.6. The summed E-state index contributed by atoms with van der Waals surface area (Å²) in [6.07, 6.45) is -12.4. The van der Waals surface area contributed by atoms with Gasteiger partial charge in [-0.15, -0.1) is 11.8 Å². The number of carbonyl (C=O) groups excluding carboxylic acids is 1. The molecule has 320 valence electrons. The largest absolute Gasteiger partial charge is 0.461 e. The van der Waals surface area contributed by atoms with Crippen LogP contribution in [0, 0.1) is 0 Å². The number of aryl methyl sites for hydroxylation is 1. The molecule has 1 atom stereocenters. The van der Waals surface area contributed by atoms with Gasteiger partial charge in [0.2, 0.25) is 0 Å². The predicted octanol–water partition coefficient (Wildman–Crippen LogP) is 12.7. The second kappa shape index (κ2) is 15.5. The Morgan fingerprint density at radius 2 is 0.965 bits per heavy atom. The van der Waals surface area contributed by atoms with E-state index in [0.29, 0.717) is 0 Å². The summed E-state index contributed by atoms with van der Waals surface area (Å²) in [5.41, 5.74) is -0.427. The molecule has 24 heteroatoms. The first kappa shape index (κ1) is 47.6.